The topological polar surface area (TPSA) is 33.9 Å². The number of benzene rings is 7. The van der Waals surface area contributed by atoms with Crippen LogP contribution in [-0.4, -0.2) is 9.13 Å². The minimum atomic E-state index is -0.114. The van der Waals surface area contributed by atoms with Crippen LogP contribution in [0, 0.1) is 0 Å². The van der Waals surface area contributed by atoms with Gasteiger partial charge in [0.25, 0.3) is 0 Å². The number of nitrogens with zero attached hydrogens (tertiary/aromatic N) is 2. The van der Waals surface area contributed by atoms with Gasteiger partial charge < -0.3 is 9.88 Å². The van der Waals surface area contributed by atoms with Gasteiger partial charge in [-0.3, -0.25) is 9.88 Å². The molecule has 56 heavy (non-hydrogen) atoms. The molecule has 0 bridgehead atoms. The van der Waals surface area contributed by atoms with E-state index < -0.39 is 0 Å². The Bertz CT molecular complexity index is 3000. The summed E-state index contributed by atoms with van der Waals surface area (Å²) >= 11 is 0. The highest BCUT2D eigenvalue weighted by molar-refractivity contribution is 6.24. The first-order valence-corrected chi connectivity index (χ1v) is 19.7. The van der Waals surface area contributed by atoms with Gasteiger partial charge in [0.05, 0.1) is 28.1 Å². The molecule has 268 valence electrons. The summed E-state index contributed by atoms with van der Waals surface area (Å²) in [4.78, 5) is 0. The quantitative estimate of drug-likeness (QED) is 0.179. The van der Waals surface area contributed by atoms with Crippen molar-refractivity contribution in [3.63, 3.8) is 0 Å². The molecule has 2 aromatic heterocycles. The van der Waals surface area contributed by atoms with E-state index in [9.17, 15) is 0 Å². The van der Waals surface area contributed by atoms with E-state index in [1.165, 1.54) is 77.0 Å². The SMILES string of the molecule is C1=CC(c2ccc(C3C=C(n4c5ccccc5c5ccc6c7ccccc7n(-c7ccc(-c8ccccc8)cc7)c6c54)NC(c4ccccc4)N3)cc2)=CCC1. The van der Waals surface area contributed by atoms with Gasteiger partial charge in [-0.15, -0.1) is 0 Å². The molecular weight excluding hydrogens is 681 g/mol. The molecule has 9 aromatic rings. The van der Waals surface area contributed by atoms with Gasteiger partial charge in [-0.2, -0.15) is 0 Å². The van der Waals surface area contributed by atoms with Gasteiger partial charge >= 0.3 is 0 Å². The van der Waals surface area contributed by atoms with Crippen LogP contribution in [0.25, 0.3) is 71.8 Å². The molecule has 2 unspecified atom stereocenters. The molecule has 0 radical (unpaired) electrons. The fraction of sp³-hybridized carbons (Fsp3) is 0.0769. The summed E-state index contributed by atoms with van der Waals surface area (Å²) in [6, 6.07) is 61.8. The van der Waals surface area contributed by atoms with Gasteiger partial charge in [0.2, 0.25) is 0 Å². The lowest BCUT2D eigenvalue weighted by Gasteiger charge is -2.34. The predicted octanol–water partition coefficient (Wildman–Crippen LogP) is 12.7. The van der Waals surface area contributed by atoms with Crippen molar-refractivity contribution in [3.05, 3.63) is 211 Å². The molecule has 4 heteroatoms. The zero-order valence-corrected chi connectivity index (χ0v) is 30.9. The number of allylic oxidation sites excluding steroid dienone is 4. The molecule has 0 saturated carbocycles. The van der Waals surface area contributed by atoms with E-state index in [0.717, 1.165) is 24.4 Å². The summed E-state index contributed by atoms with van der Waals surface area (Å²) in [5, 5.41) is 12.9. The van der Waals surface area contributed by atoms with Crippen LogP contribution in [0.4, 0.5) is 0 Å². The van der Waals surface area contributed by atoms with Gasteiger partial charge in [0.1, 0.15) is 12.0 Å². The van der Waals surface area contributed by atoms with Gasteiger partial charge in [-0.05, 0) is 76.6 Å². The van der Waals surface area contributed by atoms with E-state index in [2.05, 4.69) is 214 Å². The van der Waals surface area contributed by atoms with Crippen LogP contribution in [0.1, 0.15) is 41.7 Å². The fourth-order valence-electron chi connectivity index (χ4n) is 8.94. The second-order valence-corrected chi connectivity index (χ2v) is 14.9. The number of hydrogen-bond donors (Lipinski definition) is 2. The van der Waals surface area contributed by atoms with Crippen LogP contribution >= 0.6 is 0 Å². The highest BCUT2D eigenvalue weighted by Crippen LogP contribution is 2.42. The maximum atomic E-state index is 3.99. The van der Waals surface area contributed by atoms with Crippen LogP contribution in [0.5, 0.6) is 0 Å². The first-order chi connectivity index (χ1) is 27.8. The number of rotatable bonds is 6. The van der Waals surface area contributed by atoms with Crippen molar-refractivity contribution < 1.29 is 0 Å². The maximum Gasteiger partial charge on any atom is 0.110 e. The van der Waals surface area contributed by atoms with Crippen molar-refractivity contribution in [1.82, 2.24) is 19.8 Å². The zero-order chi connectivity index (χ0) is 37.0. The molecule has 2 atom stereocenters. The number of fused-ring (bicyclic) bond motifs is 7. The van der Waals surface area contributed by atoms with Crippen molar-refractivity contribution in [3.8, 4) is 16.8 Å². The minimum absolute atomic E-state index is 0.0341. The van der Waals surface area contributed by atoms with Gasteiger partial charge in [0.15, 0.2) is 0 Å². The summed E-state index contributed by atoms with van der Waals surface area (Å²) in [7, 11) is 0. The Morgan fingerprint density at radius 1 is 0.464 bits per heavy atom. The predicted molar refractivity (Wildman–Crippen MR) is 234 cm³/mol. The Morgan fingerprint density at radius 2 is 1.05 bits per heavy atom. The molecule has 0 fully saturated rings. The largest absolute Gasteiger partial charge is 0.352 e. The fourth-order valence-corrected chi connectivity index (χ4v) is 8.94. The molecule has 11 rings (SSSR count). The lowest BCUT2D eigenvalue weighted by atomic mass is 9.96. The summed E-state index contributed by atoms with van der Waals surface area (Å²) in [6.07, 6.45) is 11.4. The smallest absolute Gasteiger partial charge is 0.110 e. The van der Waals surface area contributed by atoms with Crippen molar-refractivity contribution in [2.75, 3.05) is 0 Å². The normalized spacial score (nSPS) is 17.0. The van der Waals surface area contributed by atoms with E-state index in [1.54, 1.807) is 0 Å². The van der Waals surface area contributed by atoms with Gasteiger partial charge in [0, 0.05) is 27.2 Å². The molecule has 1 aliphatic carbocycles. The molecule has 2 aliphatic rings. The van der Waals surface area contributed by atoms with E-state index in [4.69, 9.17) is 0 Å². The lowest BCUT2D eigenvalue weighted by Crippen LogP contribution is -2.40. The first-order valence-electron chi connectivity index (χ1n) is 19.7. The molecule has 1 aliphatic heterocycles. The Hall–Kier alpha value is -6.88. The maximum absolute atomic E-state index is 3.99. The Morgan fingerprint density at radius 3 is 1.73 bits per heavy atom. The minimum Gasteiger partial charge on any atom is -0.352 e. The second kappa shape index (κ2) is 13.5. The van der Waals surface area contributed by atoms with Crippen LogP contribution in [0.3, 0.4) is 0 Å². The molecule has 4 nitrogen and oxygen atoms in total. The third kappa shape index (κ3) is 5.41. The molecule has 2 N–H and O–H groups in total. The van der Waals surface area contributed by atoms with Crippen LogP contribution in [0.2, 0.25) is 0 Å². The standard InChI is InChI=1S/C52H40N4/c1-4-14-35(15-5-1)37-24-26-39(27-25-37)46-34-49(54-52(53-46)40-18-8-3-9-19-40)56-48-23-13-11-21-43(48)45-33-32-44-42-20-10-12-22-47(42)55(50(44)51(45)56)41-30-28-38(29-31-41)36-16-6-2-7-17-36/h2-4,6-34,46,52-54H,1,5H2. The number of aromatic nitrogens is 2. The third-order valence-electron chi connectivity index (χ3n) is 11.6. The van der Waals surface area contributed by atoms with E-state index in [0.29, 0.717) is 0 Å². The zero-order valence-electron chi connectivity index (χ0n) is 30.9. The van der Waals surface area contributed by atoms with Crippen LogP contribution < -0.4 is 10.6 Å². The number of para-hydroxylation sites is 2. The molecule has 3 heterocycles. The molecule has 0 amide bonds. The Labute approximate surface area is 326 Å². The number of nitrogens with one attached hydrogen (secondary N) is 2. The summed E-state index contributed by atoms with van der Waals surface area (Å²) < 4.78 is 4.95. The molecule has 0 saturated heterocycles. The molecule has 0 spiro atoms. The monoisotopic (exact) mass is 720 g/mol. The van der Waals surface area contributed by atoms with Crippen molar-refractivity contribution in [2.45, 2.75) is 25.0 Å². The average Bonchev–Trinajstić information content (AvgIpc) is 3.80. The summed E-state index contributed by atoms with van der Waals surface area (Å²) in [5.74, 6) is 1.06. The van der Waals surface area contributed by atoms with Crippen molar-refractivity contribution in [2.24, 2.45) is 0 Å². The highest BCUT2D eigenvalue weighted by Gasteiger charge is 2.28. The van der Waals surface area contributed by atoms with E-state index in [1.807, 2.05) is 0 Å². The van der Waals surface area contributed by atoms with Crippen LogP contribution in [-0.2, 0) is 0 Å². The van der Waals surface area contributed by atoms with Gasteiger partial charge in [-0.1, -0.05) is 164 Å². The van der Waals surface area contributed by atoms with Gasteiger partial charge in [-0.25, -0.2) is 0 Å². The molecule has 7 aromatic carbocycles. The highest BCUT2D eigenvalue weighted by atomic mass is 15.3. The van der Waals surface area contributed by atoms with Crippen molar-refractivity contribution in [1.29, 1.82) is 0 Å². The summed E-state index contributed by atoms with van der Waals surface area (Å²) in [6.45, 7) is 0. The second-order valence-electron chi connectivity index (χ2n) is 14.9. The van der Waals surface area contributed by atoms with Crippen LogP contribution in [0.15, 0.2) is 194 Å². The lowest BCUT2D eigenvalue weighted by molar-refractivity contribution is 0.435. The Kier molecular flexibility index (Phi) is 7.82. The first kappa shape index (κ1) is 32.5. The Balaban J connectivity index is 1.15. The number of hydrogen-bond acceptors (Lipinski definition) is 2. The van der Waals surface area contributed by atoms with E-state index in [-0.39, 0.29) is 12.2 Å². The van der Waals surface area contributed by atoms with E-state index >= 15 is 0 Å². The molecular formula is C52H40N4. The average molecular weight is 721 g/mol. The third-order valence-corrected chi connectivity index (χ3v) is 11.6. The van der Waals surface area contributed by atoms with Crippen molar-refractivity contribution >= 4 is 55.0 Å². The summed E-state index contributed by atoms with van der Waals surface area (Å²) in [5.41, 5.74) is 13.3.